The standard InChI is InChI=1S/C19H20F2N4O2S/c1-3-4-7-25-18(27)17-15(8-11(2)22-17)24-19(25)28-10-16(26)23-14-9-12(20)5-6-13(14)21/h5-6,8-9,22H,3-4,7,10H2,1-2H3,(H,23,26). The molecule has 0 aliphatic heterocycles. The first kappa shape index (κ1) is 20.1. The van der Waals surface area contributed by atoms with E-state index in [1.54, 1.807) is 10.6 Å². The summed E-state index contributed by atoms with van der Waals surface area (Å²) < 4.78 is 28.5. The highest BCUT2D eigenvalue weighted by atomic mass is 32.2. The number of unbranched alkanes of at least 4 members (excludes halogenated alkanes) is 1. The molecule has 9 heteroatoms. The van der Waals surface area contributed by atoms with Crippen LogP contribution in [0.4, 0.5) is 14.5 Å². The molecule has 0 saturated carbocycles. The predicted molar refractivity (Wildman–Crippen MR) is 106 cm³/mol. The minimum atomic E-state index is -0.720. The van der Waals surface area contributed by atoms with Crippen LogP contribution in [0.1, 0.15) is 25.5 Å². The van der Waals surface area contributed by atoms with Gasteiger partial charge in [0.25, 0.3) is 5.56 Å². The molecule has 2 heterocycles. The van der Waals surface area contributed by atoms with Crippen LogP contribution in [0, 0.1) is 18.6 Å². The molecule has 0 fully saturated rings. The summed E-state index contributed by atoms with van der Waals surface area (Å²) in [6.07, 6.45) is 1.69. The number of carbonyl (C=O) groups is 1. The average Bonchev–Trinajstić information content (AvgIpc) is 3.03. The summed E-state index contributed by atoms with van der Waals surface area (Å²) in [6.45, 7) is 4.34. The third kappa shape index (κ3) is 4.41. The molecule has 0 spiro atoms. The lowest BCUT2D eigenvalue weighted by Gasteiger charge is -2.12. The van der Waals surface area contributed by atoms with E-state index in [0.717, 1.165) is 48.5 Å². The van der Waals surface area contributed by atoms with Crippen LogP contribution in [-0.4, -0.2) is 26.2 Å². The maximum absolute atomic E-state index is 13.7. The van der Waals surface area contributed by atoms with Gasteiger partial charge in [-0.1, -0.05) is 25.1 Å². The molecule has 0 unspecified atom stereocenters. The summed E-state index contributed by atoms with van der Waals surface area (Å²) in [6, 6.07) is 4.61. The Morgan fingerprint density at radius 3 is 2.86 bits per heavy atom. The van der Waals surface area contributed by atoms with Crippen molar-refractivity contribution in [3.63, 3.8) is 0 Å². The molecule has 0 bridgehead atoms. The van der Waals surface area contributed by atoms with E-state index in [1.165, 1.54) is 0 Å². The smallest absolute Gasteiger partial charge is 0.278 e. The van der Waals surface area contributed by atoms with Gasteiger partial charge >= 0.3 is 0 Å². The highest BCUT2D eigenvalue weighted by molar-refractivity contribution is 7.99. The van der Waals surface area contributed by atoms with Gasteiger partial charge in [0.2, 0.25) is 5.91 Å². The van der Waals surface area contributed by atoms with Crippen molar-refractivity contribution in [1.82, 2.24) is 14.5 Å². The summed E-state index contributed by atoms with van der Waals surface area (Å²) in [4.78, 5) is 32.5. The summed E-state index contributed by atoms with van der Waals surface area (Å²) >= 11 is 1.08. The number of aromatic amines is 1. The van der Waals surface area contributed by atoms with E-state index < -0.39 is 17.5 Å². The van der Waals surface area contributed by atoms with Crippen LogP contribution in [0.25, 0.3) is 11.0 Å². The van der Waals surface area contributed by atoms with Crippen molar-refractivity contribution in [2.45, 2.75) is 38.4 Å². The van der Waals surface area contributed by atoms with Gasteiger partial charge in [-0.15, -0.1) is 0 Å². The number of H-pyrrole nitrogens is 1. The van der Waals surface area contributed by atoms with Crippen LogP contribution in [0.2, 0.25) is 0 Å². The lowest BCUT2D eigenvalue weighted by molar-refractivity contribution is -0.113. The van der Waals surface area contributed by atoms with Gasteiger partial charge in [-0.25, -0.2) is 13.8 Å². The Morgan fingerprint density at radius 2 is 2.11 bits per heavy atom. The van der Waals surface area contributed by atoms with Crippen LogP contribution < -0.4 is 10.9 Å². The topological polar surface area (TPSA) is 79.8 Å². The van der Waals surface area contributed by atoms with Crippen molar-refractivity contribution in [1.29, 1.82) is 0 Å². The van der Waals surface area contributed by atoms with Crippen molar-refractivity contribution in [2.24, 2.45) is 0 Å². The maximum Gasteiger partial charge on any atom is 0.278 e. The van der Waals surface area contributed by atoms with E-state index in [-0.39, 0.29) is 17.0 Å². The minimum Gasteiger partial charge on any atom is -0.353 e. The number of anilines is 1. The number of carbonyl (C=O) groups excluding carboxylic acids is 1. The normalized spacial score (nSPS) is 11.1. The van der Waals surface area contributed by atoms with E-state index >= 15 is 0 Å². The molecule has 148 valence electrons. The maximum atomic E-state index is 13.7. The van der Waals surface area contributed by atoms with E-state index in [2.05, 4.69) is 15.3 Å². The third-order valence-electron chi connectivity index (χ3n) is 4.11. The third-order valence-corrected chi connectivity index (χ3v) is 5.08. The molecular formula is C19H20F2N4O2S. The second-order valence-corrected chi connectivity index (χ2v) is 7.32. The average molecular weight is 406 g/mol. The zero-order chi connectivity index (χ0) is 20.3. The minimum absolute atomic E-state index is 0.0938. The summed E-state index contributed by atoms with van der Waals surface area (Å²) in [5, 5.41) is 2.76. The molecule has 2 aromatic heterocycles. The largest absolute Gasteiger partial charge is 0.353 e. The SMILES string of the molecule is CCCCn1c(SCC(=O)Nc2cc(F)ccc2F)nc2cc(C)[nH]c2c1=O. The van der Waals surface area contributed by atoms with Gasteiger partial charge in [0.15, 0.2) is 5.16 Å². The molecule has 6 nitrogen and oxygen atoms in total. The Balaban J connectivity index is 1.81. The van der Waals surface area contributed by atoms with Gasteiger partial charge in [0, 0.05) is 18.3 Å². The highest BCUT2D eigenvalue weighted by Crippen LogP contribution is 2.20. The van der Waals surface area contributed by atoms with Gasteiger partial charge in [-0.05, 0) is 31.5 Å². The van der Waals surface area contributed by atoms with Gasteiger partial charge < -0.3 is 10.3 Å². The monoisotopic (exact) mass is 406 g/mol. The molecule has 1 amide bonds. The Kier molecular flexibility index (Phi) is 6.13. The molecule has 3 aromatic rings. The number of amides is 1. The molecule has 2 N–H and O–H groups in total. The first-order valence-electron chi connectivity index (χ1n) is 8.87. The number of rotatable bonds is 7. The zero-order valence-corrected chi connectivity index (χ0v) is 16.3. The molecule has 3 rings (SSSR count). The fraction of sp³-hybridized carbons (Fsp3) is 0.316. The number of aromatic nitrogens is 3. The van der Waals surface area contributed by atoms with Crippen LogP contribution in [-0.2, 0) is 11.3 Å². The zero-order valence-electron chi connectivity index (χ0n) is 15.5. The van der Waals surface area contributed by atoms with Crippen molar-refractivity contribution < 1.29 is 13.6 Å². The second-order valence-electron chi connectivity index (χ2n) is 6.38. The molecule has 0 radical (unpaired) electrons. The summed E-state index contributed by atoms with van der Waals surface area (Å²) in [7, 11) is 0. The number of nitrogens with zero attached hydrogens (tertiary/aromatic N) is 2. The molecule has 1 aromatic carbocycles. The summed E-state index contributed by atoms with van der Waals surface area (Å²) in [5.74, 6) is -1.98. The van der Waals surface area contributed by atoms with Crippen molar-refractivity contribution in [3.8, 4) is 0 Å². The van der Waals surface area contributed by atoms with E-state index in [4.69, 9.17) is 0 Å². The fourth-order valence-corrected chi connectivity index (χ4v) is 3.57. The quantitative estimate of drug-likeness (QED) is 0.462. The Labute approximate surface area is 164 Å². The van der Waals surface area contributed by atoms with Gasteiger partial charge in [-0.3, -0.25) is 14.2 Å². The van der Waals surface area contributed by atoms with Crippen LogP contribution in [0.3, 0.4) is 0 Å². The number of nitrogens with one attached hydrogen (secondary N) is 2. The lowest BCUT2D eigenvalue weighted by atomic mass is 10.3. The number of fused-ring (bicyclic) bond motifs is 1. The Morgan fingerprint density at radius 1 is 1.32 bits per heavy atom. The molecule has 0 atom stereocenters. The first-order valence-corrected chi connectivity index (χ1v) is 9.85. The van der Waals surface area contributed by atoms with E-state index in [0.29, 0.717) is 22.7 Å². The number of halogens is 2. The number of thioether (sulfide) groups is 1. The highest BCUT2D eigenvalue weighted by Gasteiger charge is 2.15. The van der Waals surface area contributed by atoms with E-state index in [9.17, 15) is 18.4 Å². The predicted octanol–water partition coefficient (Wildman–Crippen LogP) is 3.84. The van der Waals surface area contributed by atoms with Crippen LogP contribution in [0.15, 0.2) is 34.2 Å². The van der Waals surface area contributed by atoms with E-state index in [1.807, 2.05) is 13.8 Å². The van der Waals surface area contributed by atoms with Crippen molar-refractivity contribution in [3.05, 3.63) is 51.9 Å². The van der Waals surface area contributed by atoms with Gasteiger partial charge in [0.1, 0.15) is 17.2 Å². The van der Waals surface area contributed by atoms with Crippen LogP contribution >= 0.6 is 11.8 Å². The molecule has 28 heavy (non-hydrogen) atoms. The number of hydrogen-bond acceptors (Lipinski definition) is 4. The first-order chi connectivity index (χ1) is 13.4. The molecule has 0 aliphatic rings. The van der Waals surface area contributed by atoms with Crippen molar-refractivity contribution >= 4 is 34.4 Å². The number of benzene rings is 1. The summed E-state index contributed by atoms with van der Waals surface area (Å²) in [5.41, 5.74) is 1.38. The Bertz CT molecular complexity index is 1080. The van der Waals surface area contributed by atoms with Gasteiger partial charge in [-0.2, -0.15) is 0 Å². The molecular weight excluding hydrogens is 386 g/mol. The number of hydrogen-bond donors (Lipinski definition) is 2. The Hall–Kier alpha value is -2.68. The molecule has 0 saturated heterocycles. The number of aryl methyl sites for hydroxylation is 1. The second kappa shape index (κ2) is 8.55. The fourth-order valence-electron chi connectivity index (χ4n) is 2.74. The van der Waals surface area contributed by atoms with Gasteiger partial charge in [0.05, 0.1) is 17.0 Å². The lowest BCUT2D eigenvalue weighted by Crippen LogP contribution is -2.24. The molecule has 0 aliphatic carbocycles. The van der Waals surface area contributed by atoms with Crippen molar-refractivity contribution in [2.75, 3.05) is 11.1 Å². The van der Waals surface area contributed by atoms with Crippen LogP contribution in [0.5, 0.6) is 0 Å².